The van der Waals surface area contributed by atoms with Crippen LogP contribution in [-0.4, -0.2) is 29.1 Å². The van der Waals surface area contributed by atoms with Crippen molar-refractivity contribution in [2.45, 2.75) is 31.7 Å². The minimum absolute atomic E-state index is 0.601. The molecule has 2 aliphatic rings. The monoisotopic (exact) mass is 236 g/mol. The van der Waals surface area contributed by atoms with E-state index in [-0.39, 0.29) is 0 Å². The molecule has 1 aliphatic carbocycles. The van der Waals surface area contributed by atoms with E-state index in [9.17, 15) is 0 Å². The van der Waals surface area contributed by atoms with Gasteiger partial charge in [0.1, 0.15) is 5.82 Å². The molecule has 0 atom stereocenters. The number of H-pyrrole nitrogens is 1. The van der Waals surface area contributed by atoms with Crippen molar-refractivity contribution < 1.29 is 0 Å². The van der Waals surface area contributed by atoms with Gasteiger partial charge in [0, 0.05) is 30.3 Å². The van der Waals surface area contributed by atoms with Crippen LogP contribution in [0.15, 0.2) is 0 Å². The molecule has 3 rings (SSSR count). The van der Waals surface area contributed by atoms with Gasteiger partial charge in [0.2, 0.25) is 0 Å². The molecule has 1 fully saturated rings. The van der Waals surface area contributed by atoms with Crippen LogP contribution in [0, 0.1) is 4.77 Å². The van der Waals surface area contributed by atoms with Gasteiger partial charge in [0.15, 0.2) is 4.77 Å². The number of rotatable bonds is 2. The van der Waals surface area contributed by atoms with Crippen LogP contribution in [0.4, 0.5) is 5.82 Å². The topological polar surface area (TPSA) is 52.7 Å². The minimum atomic E-state index is 0.601. The Kier molecular flexibility index (Phi) is 2.65. The molecule has 1 aromatic rings. The zero-order chi connectivity index (χ0) is 11.0. The van der Waals surface area contributed by atoms with Crippen LogP contribution in [0.3, 0.4) is 0 Å². The second-order valence-electron chi connectivity index (χ2n) is 4.52. The molecule has 0 spiro atoms. The SMILES string of the molecule is S=c1nc(NC2CC2)c2c([nH]1)CCNCC2. The summed E-state index contributed by atoms with van der Waals surface area (Å²) in [7, 11) is 0. The summed E-state index contributed by atoms with van der Waals surface area (Å²) in [5.41, 5.74) is 2.58. The molecule has 86 valence electrons. The van der Waals surface area contributed by atoms with Crippen LogP contribution in [-0.2, 0) is 12.8 Å². The number of anilines is 1. The number of fused-ring (bicyclic) bond motifs is 1. The summed E-state index contributed by atoms with van der Waals surface area (Å²) in [4.78, 5) is 7.65. The number of aromatic nitrogens is 2. The average molecular weight is 236 g/mol. The summed E-state index contributed by atoms with van der Waals surface area (Å²) >= 11 is 5.18. The van der Waals surface area contributed by atoms with Gasteiger partial charge >= 0.3 is 0 Å². The zero-order valence-corrected chi connectivity index (χ0v) is 9.99. The fourth-order valence-electron chi connectivity index (χ4n) is 2.12. The number of nitrogens with one attached hydrogen (secondary N) is 3. The summed E-state index contributed by atoms with van der Waals surface area (Å²) in [6, 6.07) is 0.629. The highest BCUT2D eigenvalue weighted by Gasteiger charge is 2.23. The number of hydrogen-bond donors (Lipinski definition) is 3. The average Bonchev–Trinajstić information content (AvgIpc) is 3.03. The lowest BCUT2D eigenvalue weighted by atomic mass is 10.1. The fraction of sp³-hybridized carbons (Fsp3) is 0.636. The third-order valence-corrected chi connectivity index (χ3v) is 3.34. The van der Waals surface area contributed by atoms with Gasteiger partial charge in [-0.2, -0.15) is 0 Å². The second-order valence-corrected chi connectivity index (χ2v) is 4.90. The predicted molar refractivity (Wildman–Crippen MR) is 66.3 cm³/mol. The summed E-state index contributed by atoms with van der Waals surface area (Å²) in [6.45, 7) is 2.05. The molecular weight excluding hydrogens is 220 g/mol. The Hall–Kier alpha value is -0.940. The zero-order valence-electron chi connectivity index (χ0n) is 9.18. The normalized spacial score (nSPS) is 20.0. The molecule has 5 heteroatoms. The Morgan fingerprint density at radius 3 is 2.88 bits per heavy atom. The number of nitrogens with zero attached hydrogens (tertiary/aromatic N) is 1. The van der Waals surface area contributed by atoms with Crippen molar-refractivity contribution in [3.8, 4) is 0 Å². The largest absolute Gasteiger partial charge is 0.367 e. The molecule has 0 bridgehead atoms. The van der Waals surface area contributed by atoms with E-state index in [0.717, 1.165) is 31.7 Å². The third kappa shape index (κ3) is 2.10. The maximum atomic E-state index is 5.18. The Morgan fingerprint density at radius 1 is 1.25 bits per heavy atom. The minimum Gasteiger partial charge on any atom is -0.367 e. The highest BCUT2D eigenvalue weighted by atomic mass is 32.1. The molecule has 1 aliphatic heterocycles. The van der Waals surface area contributed by atoms with Crippen molar-refractivity contribution >= 4 is 18.0 Å². The first-order valence-electron chi connectivity index (χ1n) is 5.92. The van der Waals surface area contributed by atoms with Crippen molar-refractivity contribution in [3.05, 3.63) is 16.0 Å². The van der Waals surface area contributed by atoms with Crippen LogP contribution in [0.1, 0.15) is 24.1 Å². The third-order valence-electron chi connectivity index (χ3n) is 3.14. The van der Waals surface area contributed by atoms with Gasteiger partial charge in [0.25, 0.3) is 0 Å². The predicted octanol–water partition coefficient (Wildman–Crippen LogP) is 1.40. The van der Waals surface area contributed by atoms with Crippen LogP contribution < -0.4 is 10.6 Å². The van der Waals surface area contributed by atoms with Crippen molar-refractivity contribution in [1.29, 1.82) is 0 Å². The Bertz CT molecular complexity index is 450. The molecule has 2 heterocycles. The van der Waals surface area contributed by atoms with Crippen molar-refractivity contribution in [1.82, 2.24) is 15.3 Å². The number of hydrogen-bond acceptors (Lipinski definition) is 4. The molecule has 0 aromatic carbocycles. The van der Waals surface area contributed by atoms with Gasteiger partial charge in [-0.1, -0.05) is 0 Å². The number of aromatic amines is 1. The molecule has 16 heavy (non-hydrogen) atoms. The molecule has 0 radical (unpaired) electrons. The van der Waals surface area contributed by atoms with E-state index in [2.05, 4.69) is 20.6 Å². The van der Waals surface area contributed by atoms with E-state index >= 15 is 0 Å². The van der Waals surface area contributed by atoms with Gasteiger partial charge in [-0.05, 0) is 38.0 Å². The van der Waals surface area contributed by atoms with E-state index in [1.807, 2.05) is 0 Å². The summed E-state index contributed by atoms with van der Waals surface area (Å²) in [5, 5.41) is 6.89. The smallest absolute Gasteiger partial charge is 0.198 e. The quantitative estimate of drug-likeness (QED) is 0.679. The van der Waals surface area contributed by atoms with Gasteiger partial charge in [-0.15, -0.1) is 0 Å². The van der Waals surface area contributed by atoms with Crippen LogP contribution in [0.2, 0.25) is 0 Å². The lowest BCUT2D eigenvalue weighted by Crippen LogP contribution is -2.16. The molecule has 1 aromatic heterocycles. The second kappa shape index (κ2) is 4.14. The first-order chi connectivity index (χ1) is 7.83. The van der Waals surface area contributed by atoms with Gasteiger partial charge < -0.3 is 15.6 Å². The van der Waals surface area contributed by atoms with Crippen LogP contribution in [0.5, 0.6) is 0 Å². The van der Waals surface area contributed by atoms with Gasteiger partial charge in [-0.25, -0.2) is 4.98 Å². The standard InChI is InChI=1S/C11H16N4S/c16-11-14-9-4-6-12-5-3-8(9)10(15-11)13-7-1-2-7/h7,12H,1-6H2,(H2,13,14,15,16). The van der Waals surface area contributed by atoms with E-state index in [0.29, 0.717) is 10.8 Å². The van der Waals surface area contributed by atoms with Crippen LogP contribution >= 0.6 is 12.2 Å². The molecule has 0 amide bonds. The molecular formula is C11H16N4S. The summed E-state index contributed by atoms with van der Waals surface area (Å²) in [5.74, 6) is 1.02. The lowest BCUT2D eigenvalue weighted by molar-refractivity contribution is 0.708. The van der Waals surface area contributed by atoms with Gasteiger partial charge in [-0.3, -0.25) is 0 Å². The molecule has 0 saturated heterocycles. The lowest BCUT2D eigenvalue weighted by Gasteiger charge is -2.12. The highest BCUT2D eigenvalue weighted by molar-refractivity contribution is 7.71. The highest BCUT2D eigenvalue weighted by Crippen LogP contribution is 2.27. The van der Waals surface area contributed by atoms with E-state index in [1.54, 1.807) is 0 Å². The maximum absolute atomic E-state index is 5.18. The Morgan fingerprint density at radius 2 is 2.06 bits per heavy atom. The Labute approximate surface area is 99.9 Å². The van der Waals surface area contributed by atoms with Crippen molar-refractivity contribution in [2.24, 2.45) is 0 Å². The van der Waals surface area contributed by atoms with E-state index in [1.165, 1.54) is 24.1 Å². The van der Waals surface area contributed by atoms with Crippen molar-refractivity contribution in [2.75, 3.05) is 18.4 Å². The van der Waals surface area contributed by atoms with Gasteiger partial charge in [0.05, 0.1) is 0 Å². The fourth-order valence-corrected chi connectivity index (χ4v) is 2.33. The molecule has 1 saturated carbocycles. The van der Waals surface area contributed by atoms with E-state index < -0.39 is 0 Å². The van der Waals surface area contributed by atoms with Crippen LogP contribution in [0.25, 0.3) is 0 Å². The first kappa shape index (κ1) is 10.2. The Balaban J connectivity index is 2.00. The summed E-state index contributed by atoms with van der Waals surface area (Å²) in [6.07, 6.45) is 4.57. The summed E-state index contributed by atoms with van der Waals surface area (Å²) < 4.78 is 0.601. The molecule has 0 unspecified atom stereocenters. The molecule has 3 N–H and O–H groups in total. The van der Waals surface area contributed by atoms with Crippen molar-refractivity contribution in [3.63, 3.8) is 0 Å². The first-order valence-corrected chi connectivity index (χ1v) is 6.33. The molecule has 4 nitrogen and oxygen atoms in total. The maximum Gasteiger partial charge on any atom is 0.198 e. The van der Waals surface area contributed by atoms with E-state index in [4.69, 9.17) is 12.2 Å².